The zero-order chi connectivity index (χ0) is 18.8. The quantitative estimate of drug-likeness (QED) is 0.755. The van der Waals surface area contributed by atoms with E-state index in [1.54, 1.807) is 4.90 Å². The first-order valence-electron chi connectivity index (χ1n) is 9.25. The van der Waals surface area contributed by atoms with Gasteiger partial charge >= 0.3 is 11.7 Å². The smallest absolute Gasteiger partial charge is 0.318 e. The van der Waals surface area contributed by atoms with Gasteiger partial charge in [-0.05, 0) is 43.5 Å². The lowest BCUT2D eigenvalue weighted by molar-refractivity contribution is 0.205. The van der Waals surface area contributed by atoms with Crippen LogP contribution in [0.15, 0.2) is 38.8 Å². The molecule has 0 saturated heterocycles. The fourth-order valence-electron chi connectivity index (χ4n) is 3.67. The number of benzene rings is 1. The molecule has 1 aliphatic heterocycles. The monoisotopic (exact) mass is 386 g/mol. The van der Waals surface area contributed by atoms with Crippen LogP contribution in [0.3, 0.4) is 0 Å². The Balaban J connectivity index is 1.39. The first kappa shape index (κ1) is 17.9. The van der Waals surface area contributed by atoms with Gasteiger partial charge in [-0.1, -0.05) is 12.8 Å². The van der Waals surface area contributed by atoms with Gasteiger partial charge in [0, 0.05) is 33.6 Å². The van der Waals surface area contributed by atoms with Crippen molar-refractivity contribution < 1.29 is 4.79 Å². The molecule has 2 amide bonds. The minimum absolute atomic E-state index is 0.218. The normalized spacial score (nSPS) is 17.0. The summed E-state index contributed by atoms with van der Waals surface area (Å²) in [6.45, 7) is 0.652. The molecule has 2 aliphatic rings. The molecule has 8 heteroatoms. The van der Waals surface area contributed by atoms with Crippen LogP contribution in [-0.4, -0.2) is 32.7 Å². The number of aromatic amines is 2. The molecule has 2 aromatic rings. The van der Waals surface area contributed by atoms with Crippen molar-refractivity contribution in [1.82, 2.24) is 14.9 Å². The van der Waals surface area contributed by atoms with Gasteiger partial charge in [0.05, 0.1) is 6.54 Å². The fourth-order valence-corrected chi connectivity index (χ4v) is 4.91. The van der Waals surface area contributed by atoms with Crippen molar-refractivity contribution in [2.45, 2.75) is 48.8 Å². The molecular weight excluding hydrogens is 364 g/mol. The van der Waals surface area contributed by atoms with E-state index in [0.717, 1.165) is 5.69 Å². The van der Waals surface area contributed by atoms with Crippen LogP contribution in [0.2, 0.25) is 0 Å². The lowest BCUT2D eigenvalue weighted by Crippen LogP contribution is -2.43. The third kappa shape index (κ3) is 4.10. The summed E-state index contributed by atoms with van der Waals surface area (Å²) >= 11 is 1.91. The number of rotatable bonds is 3. The van der Waals surface area contributed by atoms with Gasteiger partial charge in [-0.3, -0.25) is 9.78 Å². The Labute approximate surface area is 160 Å². The Hall–Kier alpha value is -2.48. The lowest BCUT2D eigenvalue weighted by atomic mass is 10.1. The lowest BCUT2D eigenvalue weighted by Gasteiger charge is -2.27. The van der Waals surface area contributed by atoms with E-state index < -0.39 is 5.69 Å². The number of thioether (sulfide) groups is 1. The summed E-state index contributed by atoms with van der Waals surface area (Å²) < 4.78 is 0. The van der Waals surface area contributed by atoms with E-state index in [2.05, 4.69) is 15.3 Å². The summed E-state index contributed by atoms with van der Waals surface area (Å²) in [5.74, 6) is 0. The van der Waals surface area contributed by atoms with E-state index in [1.165, 1.54) is 30.6 Å². The molecule has 142 valence electrons. The van der Waals surface area contributed by atoms with E-state index in [4.69, 9.17) is 0 Å². The maximum atomic E-state index is 12.5. The van der Waals surface area contributed by atoms with Crippen molar-refractivity contribution >= 4 is 23.5 Å². The molecule has 1 aromatic heterocycles. The van der Waals surface area contributed by atoms with Crippen LogP contribution < -0.4 is 16.6 Å². The van der Waals surface area contributed by atoms with Crippen molar-refractivity contribution in [3.8, 4) is 0 Å². The van der Waals surface area contributed by atoms with Gasteiger partial charge in [-0.15, -0.1) is 11.8 Å². The van der Waals surface area contributed by atoms with Gasteiger partial charge in [0.2, 0.25) is 0 Å². The van der Waals surface area contributed by atoms with Gasteiger partial charge in [-0.2, -0.15) is 0 Å². The highest BCUT2D eigenvalue weighted by Crippen LogP contribution is 2.35. The van der Waals surface area contributed by atoms with Crippen molar-refractivity contribution in [2.75, 3.05) is 11.9 Å². The average molecular weight is 386 g/mol. The third-order valence-corrected chi connectivity index (χ3v) is 6.46. The molecule has 0 radical (unpaired) electrons. The number of H-pyrrole nitrogens is 2. The van der Waals surface area contributed by atoms with E-state index in [-0.39, 0.29) is 18.1 Å². The number of fused-ring (bicyclic) bond motifs is 1. The second kappa shape index (κ2) is 7.64. The molecule has 0 spiro atoms. The molecule has 1 aliphatic carbocycles. The number of nitrogens with zero attached hydrogens (tertiary/aromatic N) is 1. The van der Waals surface area contributed by atoms with Crippen LogP contribution >= 0.6 is 11.8 Å². The molecule has 7 nitrogen and oxygen atoms in total. The Morgan fingerprint density at radius 1 is 1.11 bits per heavy atom. The number of carbonyl (C=O) groups is 1. The highest BCUT2D eigenvalue weighted by atomic mass is 32.2. The number of carbonyl (C=O) groups excluding carboxylic acids is 1. The van der Waals surface area contributed by atoms with E-state index in [9.17, 15) is 14.4 Å². The van der Waals surface area contributed by atoms with E-state index >= 15 is 0 Å². The second-order valence-electron chi connectivity index (χ2n) is 7.02. The number of aromatic nitrogens is 2. The Morgan fingerprint density at radius 3 is 2.59 bits per heavy atom. The zero-order valence-electron chi connectivity index (χ0n) is 14.9. The van der Waals surface area contributed by atoms with Crippen LogP contribution in [0.1, 0.15) is 36.9 Å². The minimum Gasteiger partial charge on any atom is -0.318 e. The van der Waals surface area contributed by atoms with Gasteiger partial charge < -0.3 is 15.2 Å². The summed E-state index contributed by atoms with van der Waals surface area (Å²) in [6, 6.07) is 7.68. The second-order valence-corrected chi connectivity index (χ2v) is 8.39. The van der Waals surface area contributed by atoms with Gasteiger partial charge in [-0.25, -0.2) is 9.59 Å². The van der Waals surface area contributed by atoms with Crippen LogP contribution in [-0.2, 0) is 13.0 Å². The fraction of sp³-hybridized carbons (Fsp3) is 0.421. The largest absolute Gasteiger partial charge is 0.325 e. The summed E-state index contributed by atoms with van der Waals surface area (Å²) in [4.78, 5) is 43.5. The number of hydrogen-bond donors (Lipinski definition) is 3. The molecule has 0 bridgehead atoms. The van der Waals surface area contributed by atoms with E-state index in [0.29, 0.717) is 29.5 Å². The molecule has 3 N–H and O–H groups in total. The van der Waals surface area contributed by atoms with Crippen molar-refractivity contribution in [2.24, 2.45) is 0 Å². The molecule has 27 heavy (non-hydrogen) atoms. The van der Waals surface area contributed by atoms with E-state index in [1.807, 2.05) is 36.0 Å². The number of hydrogen-bond acceptors (Lipinski definition) is 4. The first-order valence-corrected chi connectivity index (χ1v) is 10.1. The highest BCUT2D eigenvalue weighted by molar-refractivity contribution is 8.00. The molecular formula is C19H22N4O3S. The molecule has 1 aromatic carbocycles. The standard InChI is InChI=1S/C19H22N4O3S/c24-17-15-9-10-23(11-16(15)21-18(25)22-17)19(26)20-12-5-7-14(8-6-12)27-13-3-1-2-4-13/h5-8,13H,1-4,9-11H2,(H,20,26)(H2,21,22,24,25). The van der Waals surface area contributed by atoms with Gasteiger partial charge in [0.25, 0.3) is 5.56 Å². The molecule has 0 atom stereocenters. The SMILES string of the molecule is O=C(Nc1ccc(SC2CCCC2)cc1)N1CCc2c([nH]c(=O)[nH]c2=O)C1. The zero-order valence-corrected chi connectivity index (χ0v) is 15.7. The average Bonchev–Trinajstić information content (AvgIpc) is 3.15. The maximum Gasteiger partial charge on any atom is 0.325 e. The van der Waals surface area contributed by atoms with Crippen LogP contribution in [0.25, 0.3) is 0 Å². The predicted molar refractivity (Wildman–Crippen MR) is 105 cm³/mol. The Bertz CT molecular complexity index is 945. The summed E-state index contributed by atoms with van der Waals surface area (Å²) in [7, 11) is 0. The summed E-state index contributed by atoms with van der Waals surface area (Å²) in [5.41, 5.74) is 0.877. The van der Waals surface area contributed by atoms with Gasteiger partial charge in [0.1, 0.15) is 0 Å². The number of urea groups is 1. The highest BCUT2D eigenvalue weighted by Gasteiger charge is 2.23. The molecule has 0 unspecified atom stereocenters. The number of amides is 2. The predicted octanol–water partition coefficient (Wildman–Crippen LogP) is 2.69. The number of nitrogens with one attached hydrogen (secondary N) is 3. The van der Waals surface area contributed by atoms with Crippen molar-refractivity contribution in [3.05, 3.63) is 56.4 Å². The summed E-state index contributed by atoms with van der Waals surface area (Å²) in [6.07, 6.45) is 5.63. The molecule has 1 fully saturated rings. The Kier molecular flexibility index (Phi) is 5.07. The van der Waals surface area contributed by atoms with Crippen LogP contribution in [0.4, 0.5) is 10.5 Å². The summed E-state index contributed by atoms with van der Waals surface area (Å²) in [5, 5.41) is 3.60. The molecule has 2 heterocycles. The number of anilines is 1. The topological polar surface area (TPSA) is 98.1 Å². The molecule has 4 rings (SSSR count). The van der Waals surface area contributed by atoms with Crippen LogP contribution in [0.5, 0.6) is 0 Å². The van der Waals surface area contributed by atoms with Crippen LogP contribution in [0, 0.1) is 0 Å². The van der Waals surface area contributed by atoms with Crippen molar-refractivity contribution in [1.29, 1.82) is 0 Å². The third-order valence-electron chi connectivity index (χ3n) is 5.11. The first-order chi connectivity index (χ1) is 13.1. The molecule has 1 saturated carbocycles. The maximum absolute atomic E-state index is 12.5. The van der Waals surface area contributed by atoms with Gasteiger partial charge in [0.15, 0.2) is 0 Å². The minimum atomic E-state index is -0.545. The Morgan fingerprint density at radius 2 is 1.85 bits per heavy atom. The van der Waals surface area contributed by atoms with Crippen molar-refractivity contribution in [3.63, 3.8) is 0 Å².